The minimum Gasteiger partial charge on any atom is -0.462 e. The molecule has 154 valence electrons. The number of carbonyl (C=O) groups is 3. The van der Waals surface area contributed by atoms with Crippen molar-refractivity contribution >= 4 is 17.5 Å². The molecule has 0 bridgehead atoms. The van der Waals surface area contributed by atoms with Gasteiger partial charge in [0.05, 0.1) is 0 Å². The molecule has 0 aromatic carbocycles. The number of Topliss-reactive ketones (excluding diaryl/α,β-unsaturated/α-hetero) is 2. The number of ether oxygens (including phenoxy) is 1. The Balaban J connectivity index is 1.57. The summed E-state index contributed by atoms with van der Waals surface area (Å²) in [6.07, 6.45) is 8.92. The van der Waals surface area contributed by atoms with E-state index in [9.17, 15) is 14.4 Å². The van der Waals surface area contributed by atoms with Gasteiger partial charge >= 0.3 is 5.97 Å². The molecule has 3 saturated carbocycles. The van der Waals surface area contributed by atoms with Crippen LogP contribution in [0.3, 0.4) is 0 Å². The fraction of sp³-hybridized carbons (Fsp3) is 0.792. The number of ketones is 2. The van der Waals surface area contributed by atoms with Crippen LogP contribution in [0.15, 0.2) is 11.6 Å². The third-order valence-electron chi connectivity index (χ3n) is 8.85. The van der Waals surface area contributed by atoms with Gasteiger partial charge in [0.1, 0.15) is 11.9 Å². The van der Waals surface area contributed by atoms with Gasteiger partial charge in [0, 0.05) is 24.2 Å². The molecule has 4 heteroatoms. The van der Waals surface area contributed by atoms with Crippen LogP contribution in [0.25, 0.3) is 0 Å². The average molecular weight is 387 g/mol. The molecule has 0 spiro atoms. The van der Waals surface area contributed by atoms with Gasteiger partial charge in [-0.25, -0.2) is 0 Å². The van der Waals surface area contributed by atoms with Crippen LogP contribution < -0.4 is 0 Å². The largest absolute Gasteiger partial charge is 0.462 e. The van der Waals surface area contributed by atoms with Gasteiger partial charge in [-0.1, -0.05) is 26.8 Å². The summed E-state index contributed by atoms with van der Waals surface area (Å²) in [5, 5.41) is 0. The number of carbonyl (C=O) groups excluding carboxylic acids is 3. The van der Waals surface area contributed by atoms with Crippen LogP contribution in [0.4, 0.5) is 0 Å². The van der Waals surface area contributed by atoms with E-state index >= 15 is 0 Å². The molecule has 28 heavy (non-hydrogen) atoms. The Hall–Kier alpha value is -1.45. The van der Waals surface area contributed by atoms with Crippen LogP contribution in [0, 0.1) is 34.5 Å². The molecule has 0 radical (unpaired) electrons. The third kappa shape index (κ3) is 2.81. The van der Waals surface area contributed by atoms with E-state index in [1.807, 2.05) is 6.92 Å². The van der Waals surface area contributed by atoms with Gasteiger partial charge in [-0.3, -0.25) is 14.4 Å². The maximum atomic E-state index is 13.5. The molecule has 0 saturated heterocycles. The fourth-order valence-electron chi connectivity index (χ4n) is 7.53. The van der Waals surface area contributed by atoms with Crippen molar-refractivity contribution in [3.63, 3.8) is 0 Å². The third-order valence-corrected chi connectivity index (χ3v) is 8.85. The number of hydrogen-bond acceptors (Lipinski definition) is 4. The van der Waals surface area contributed by atoms with Crippen molar-refractivity contribution in [2.45, 2.75) is 85.2 Å². The molecule has 0 heterocycles. The Bertz CT molecular complexity index is 737. The molecule has 0 aromatic heterocycles. The molecule has 7 atom stereocenters. The van der Waals surface area contributed by atoms with Crippen molar-refractivity contribution in [3.8, 4) is 0 Å². The van der Waals surface area contributed by atoms with Gasteiger partial charge in [0.15, 0.2) is 5.78 Å². The monoisotopic (exact) mass is 386 g/mol. The van der Waals surface area contributed by atoms with Crippen molar-refractivity contribution in [3.05, 3.63) is 11.6 Å². The molecule has 4 aliphatic rings. The molecule has 4 rings (SSSR count). The van der Waals surface area contributed by atoms with Crippen molar-refractivity contribution in [2.24, 2.45) is 34.5 Å². The lowest BCUT2D eigenvalue weighted by Gasteiger charge is -2.59. The maximum absolute atomic E-state index is 13.5. The molecule has 4 aliphatic carbocycles. The second kappa shape index (κ2) is 6.81. The number of esters is 1. The van der Waals surface area contributed by atoms with E-state index in [4.69, 9.17) is 4.74 Å². The molecule has 0 aromatic rings. The topological polar surface area (TPSA) is 60.4 Å². The Labute approximate surface area is 168 Å². The molecule has 0 unspecified atom stereocenters. The first-order valence-electron chi connectivity index (χ1n) is 11.1. The van der Waals surface area contributed by atoms with E-state index in [0.717, 1.165) is 44.1 Å². The van der Waals surface area contributed by atoms with E-state index in [1.165, 1.54) is 0 Å². The minimum absolute atomic E-state index is 0.00935. The first kappa shape index (κ1) is 19.8. The lowest BCUT2D eigenvalue weighted by molar-refractivity contribution is -0.167. The van der Waals surface area contributed by atoms with Crippen molar-refractivity contribution in [2.75, 3.05) is 0 Å². The maximum Gasteiger partial charge on any atom is 0.305 e. The second-order valence-electron chi connectivity index (χ2n) is 10.2. The van der Waals surface area contributed by atoms with Crippen molar-refractivity contribution < 1.29 is 19.1 Å². The smallest absolute Gasteiger partial charge is 0.305 e. The zero-order valence-corrected chi connectivity index (χ0v) is 17.8. The van der Waals surface area contributed by atoms with E-state index in [2.05, 4.69) is 19.9 Å². The van der Waals surface area contributed by atoms with Crippen LogP contribution in [-0.2, 0) is 19.1 Å². The minimum atomic E-state index is -0.263. The van der Waals surface area contributed by atoms with E-state index in [-0.39, 0.29) is 34.6 Å². The molecular formula is C24H34O4. The summed E-state index contributed by atoms with van der Waals surface area (Å²) in [7, 11) is 0. The van der Waals surface area contributed by atoms with Crippen LogP contribution in [-0.4, -0.2) is 23.6 Å². The first-order valence-corrected chi connectivity index (χ1v) is 11.1. The van der Waals surface area contributed by atoms with Crippen LogP contribution in [0.1, 0.15) is 79.1 Å². The van der Waals surface area contributed by atoms with Crippen LogP contribution >= 0.6 is 0 Å². The van der Waals surface area contributed by atoms with Crippen LogP contribution in [0.2, 0.25) is 0 Å². The van der Waals surface area contributed by atoms with Gasteiger partial charge in [-0.2, -0.15) is 0 Å². The molecular weight excluding hydrogens is 352 g/mol. The SMILES string of the molecule is CCC(=O)O[C@H]1CC[C@@]2(C)[C@@H](CC[C@@H]3[C@@H]2C(=O)C[C@]2(C)C(C(C)=O)=CC[C@@H]32)C1. The van der Waals surface area contributed by atoms with E-state index in [1.54, 1.807) is 6.92 Å². The predicted octanol–water partition coefficient (Wildman–Crippen LogP) is 4.66. The average Bonchev–Trinajstić information content (AvgIpc) is 2.98. The lowest BCUT2D eigenvalue weighted by atomic mass is 9.44. The normalized spacial score (nSPS) is 44.8. The lowest BCUT2D eigenvalue weighted by Crippen LogP contribution is -2.57. The zero-order chi connectivity index (χ0) is 20.3. The van der Waals surface area contributed by atoms with Gasteiger partial charge in [0.2, 0.25) is 0 Å². The summed E-state index contributed by atoms with van der Waals surface area (Å²) in [4.78, 5) is 37.4. The highest BCUT2D eigenvalue weighted by molar-refractivity contribution is 5.97. The highest BCUT2D eigenvalue weighted by Crippen LogP contribution is 2.65. The van der Waals surface area contributed by atoms with Crippen molar-refractivity contribution in [1.29, 1.82) is 0 Å². The summed E-state index contributed by atoms with van der Waals surface area (Å²) in [5.74, 6) is 1.75. The quantitative estimate of drug-likeness (QED) is 0.662. The molecule has 4 nitrogen and oxygen atoms in total. The molecule has 0 aliphatic heterocycles. The molecule has 0 amide bonds. The number of hydrogen-bond donors (Lipinski definition) is 0. The van der Waals surface area contributed by atoms with Crippen molar-refractivity contribution in [1.82, 2.24) is 0 Å². The summed E-state index contributed by atoms with van der Waals surface area (Å²) in [6.45, 7) is 7.96. The molecule has 3 fully saturated rings. The Morgan fingerprint density at radius 3 is 2.64 bits per heavy atom. The van der Waals surface area contributed by atoms with Gasteiger partial charge in [-0.05, 0) is 74.2 Å². The fourth-order valence-corrected chi connectivity index (χ4v) is 7.53. The zero-order valence-electron chi connectivity index (χ0n) is 17.8. The highest BCUT2D eigenvalue weighted by Gasteiger charge is 2.62. The Morgan fingerprint density at radius 1 is 1.21 bits per heavy atom. The summed E-state index contributed by atoms with van der Waals surface area (Å²) in [5.41, 5.74) is 0.642. The highest BCUT2D eigenvalue weighted by atomic mass is 16.5. The number of allylic oxidation sites excluding steroid dienone is 2. The number of rotatable bonds is 3. The summed E-state index contributed by atoms with van der Waals surface area (Å²) < 4.78 is 5.65. The van der Waals surface area contributed by atoms with Gasteiger partial charge < -0.3 is 4.74 Å². The Kier molecular flexibility index (Phi) is 4.83. The predicted molar refractivity (Wildman–Crippen MR) is 106 cm³/mol. The second-order valence-corrected chi connectivity index (χ2v) is 10.2. The summed E-state index contributed by atoms with van der Waals surface area (Å²) >= 11 is 0. The first-order chi connectivity index (χ1) is 13.2. The standard InChI is InChI=1S/C24H34O4/c1-5-21(27)28-16-10-11-23(3)15(12-16)6-7-17-19-9-8-18(14(2)25)24(19,4)13-20(26)22(17)23/h8,15-17,19,22H,5-7,9-13H2,1-4H3/t15-,16-,17-,19-,22+,23-,24+/m0/s1. The van der Waals surface area contributed by atoms with E-state index in [0.29, 0.717) is 36.4 Å². The van der Waals surface area contributed by atoms with Crippen LogP contribution in [0.5, 0.6) is 0 Å². The van der Waals surface area contributed by atoms with E-state index < -0.39 is 0 Å². The van der Waals surface area contributed by atoms with Gasteiger partial charge in [0.25, 0.3) is 0 Å². The molecule has 0 N–H and O–H groups in total. The number of fused-ring (bicyclic) bond motifs is 5. The summed E-state index contributed by atoms with van der Waals surface area (Å²) in [6, 6.07) is 0. The van der Waals surface area contributed by atoms with Gasteiger partial charge in [-0.15, -0.1) is 0 Å². The Morgan fingerprint density at radius 2 is 1.96 bits per heavy atom.